The zero-order valence-electron chi connectivity index (χ0n) is 7.36. The summed E-state index contributed by atoms with van der Waals surface area (Å²) in [5.74, 6) is 0.456. The van der Waals surface area contributed by atoms with Gasteiger partial charge in [-0.2, -0.15) is 0 Å². The summed E-state index contributed by atoms with van der Waals surface area (Å²) >= 11 is 1.41. The highest BCUT2D eigenvalue weighted by molar-refractivity contribution is 8.15. The van der Waals surface area contributed by atoms with Crippen LogP contribution in [0, 0.1) is 0 Å². The summed E-state index contributed by atoms with van der Waals surface area (Å²) < 4.78 is 0. The molecule has 0 spiro atoms. The fraction of sp³-hybridized carbons (Fsp3) is 0.111. The van der Waals surface area contributed by atoms with Gasteiger partial charge in [-0.05, 0) is 24.3 Å². The number of carbonyl (C=O) groups is 1. The Morgan fingerprint density at radius 2 is 2.07 bits per heavy atom. The van der Waals surface area contributed by atoms with E-state index in [1.807, 2.05) is 12.1 Å². The Hall–Kier alpha value is -1.49. The summed E-state index contributed by atoms with van der Waals surface area (Å²) in [7, 11) is 0. The maximum Gasteiger partial charge on any atom is 0.236 e. The van der Waals surface area contributed by atoms with Gasteiger partial charge in [0.2, 0.25) is 5.91 Å². The molecule has 4 nitrogen and oxygen atoms in total. The van der Waals surface area contributed by atoms with Gasteiger partial charge in [0.25, 0.3) is 0 Å². The largest absolute Gasteiger partial charge is 0.399 e. The van der Waals surface area contributed by atoms with E-state index in [-0.39, 0.29) is 5.91 Å². The van der Waals surface area contributed by atoms with Crippen LogP contribution >= 0.6 is 11.8 Å². The lowest BCUT2D eigenvalue weighted by atomic mass is 10.3. The zero-order valence-corrected chi connectivity index (χ0v) is 8.17. The summed E-state index contributed by atoms with van der Waals surface area (Å²) in [6.45, 7) is 0. The second kappa shape index (κ2) is 3.71. The van der Waals surface area contributed by atoms with Gasteiger partial charge < -0.3 is 11.1 Å². The Bertz CT molecular complexity index is 386. The summed E-state index contributed by atoms with van der Waals surface area (Å²) in [4.78, 5) is 15.1. The maximum atomic E-state index is 10.9. The molecule has 3 N–H and O–H groups in total. The Balaban J connectivity index is 2.17. The van der Waals surface area contributed by atoms with Crippen molar-refractivity contribution in [2.45, 2.75) is 0 Å². The van der Waals surface area contributed by atoms with Crippen molar-refractivity contribution in [3.63, 3.8) is 0 Å². The Morgan fingerprint density at radius 3 is 2.64 bits per heavy atom. The van der Waals surface area contributed by atoms with Gasteiger partial charge in [0, 0.05) is 5.69 Å². The lowest BCUT2D eigenvalue weighted by Crippen LogP contribution is -2.19. The molecule has 14 heavy (non-hydrogen) atoms. The fourth-order valence-electron chi connectivity index (χ4n) is 1.05. The normalized spacial score (nSPS) is 18.6. The van der Waals surface area contributed by atoms with E-state index in [4.69, 9.17) is 5.73 Å². The quantitative estimate of drug-likeness (QED) is 0.678. The van der Waals surface area contributed by atoms with E-state index in [0.29, 0.717) is 16.6 Å². The molecule has 1 aliphatic heterocycles. The van der Waals surface area contributed by atoms with Gasteiger partial charge in [-0.3, -0.25) is 4.79 Å². The van der Waals surface area contributed by atoms with Gasteiger partial charge in [-0.15, -0.1) is 0 Å². The molecular formula is C9H9N3OS. The molecule has 0 unspecified atom stereocenters. The summed E-state index contributed by atoms with van der Waals surface area (Å²) in [5, 5.41) is 3.31. The number of thioether (sulfide) groups is 1. The molecule has 0 aliphatic carbocycles. The number of amidine groups is 1. The number of hydrogen-bond acceptors (Lipinski definition) is 4. The SMILES string of the molecule is Nc1ccc(/N=C2/NC(=O)CS2)cc1. The third-order valence-corrected chi connectivity index (χ3v) is 2.58. The lowest BCUT2D eigenvalue weighted by Gasteiger charge is -1.97. The van der Waals surface area contributed by atoms with Gasteiger partial charge in [0.15, 0.2) is 5.17 Å². The van der Waals surface area contributed by atoms with E-state index in [2.05, 4.69) is 10.3 Å². The van der Waals surface area contributed by atoms with Crippen LogP contribution in [0.25, 0.3) is 0 Å². The zero-order chi connectivity index (χ0) is 9.97. The van der Waals surface area contributed by atoms with E-state index in [0.717, 1.165) is 5.69 Å². The minimum atomic E-state index is 0.00388. The van der Waals surface area contributed by atoms with Gasteiger partial charge in [0.05, 0.1) is 11.4 Å². The summed E-state index contributed by atoms with van der Waals surface area (Å²) in [5.41, 5.74) is 7.03. The molecule has 0 saturated carbocycles. The van der Waals surface area contributed by atoms with Crippen molar-refractivity contribution in [1.82, 2.24) is 5.32 Å². The van der Waals surface area contributed by atoms with Crippen molar-refractivity contribution in [1.29, 1.82) is 0 Å². The number of amides is 1. The van der Waals surface area contributed by atoms with Crippen molar-refractivity contribution >= 4 is 34.2 Å². The van der Waals surface area contributed by atoms with Crippen LogP contribution in [0.5, 0.6) is 0 Å². The third-order valence-electron chi connectivity index (χ3n) is 1.71. The number of nitrogens with zero attached hydrogens (tertiary/aromatic N) is 1. The highest BCUT2D eigenvalue weighted by Gasteiger charge is 2.15. The smallest absolute Gasteiger partial charge is 0.236 e. The minimum Gasteiger partial charge on any atom is -0.399 e. The molecule has 5 heteroatoms. The van der Waals surface area contributed by atoms with Crippen LogP contribution in [-0.4, -0.2) is 16.8 Å². The molecule has 1 aromatic carbocycles. The second-order valence-electron chi connectivity index (χ2n) is 2.85. The standard InChI is InChI=1S/C9H9N3OS/c10-6-1-3-7(4-2-6)11-9-12-8(13)5-14-9/h1-4H,5,10H2,(H,11,12,13). The topological polar surface area (TPSA) is 67.5 Å². The fourth-order valence-corrected chi connectivity index (χ4v) is 1.75. The second-order valence-corrected chi connectivity index (χ2v) is 3.81. The molecule has 1 saturated heterocycles. The number of anilines is 1. The number of benzene rings is 1. The van der Waals surface area contributed by atoms with Gasteiger partial charge in [-0.1, -0.05) is 11.8 Å². The molecule has 1 amide bonds. The van der Waals surface area contributed by atoms with Crippen LogP contribution < -0.4 is 11.1 Å². The van der Waals surface area contributed by atoms with Crippen molar-refractivity contribution in [3.8, 4) is 0 Å². The van der Waals surface area contributed by atoms with Crippen LogP contribution in [-0.2, 0) is 4.79 Å². The number of rotatable bonds is 1. The van der Waals surface area contributed by atoms with Crippen LogP contribution in [0.1, 0.15) is 0 Å². The van der Waals surface area contributed by atoms with Gasteiger partial charge in [-0.25, -0.2) is 4.99 Å². The predicted molar refractivity (Wildman–Crippen MR) is 58.6 cm³/mol. The third kappa shape index (κ3) is 2.05. The molecule has 0 bridgehead atoms. The van der Waals surface area contributed by atoms with E-state index in [1.54, 1.807) is 12.1 Å². The molecule has 1 heterocycles. The minimum absolute atomic E-state index is 0.00388. The Morgan fingerprint density at radius 1 is 1.36 bits per heavy atom. The first kappa shape index (κ1) is 9.08. The summed E-state index contributed by atoms with van der Waals surface area (Å²) in [6.07, 6.45) is 0. The Labute approximate surface area is 85.6 Å². The van der Waals surface area contributed by atoms with Crippen molar-refractivity contribution in [2.75, 3.05) is 11.5 Å². The average molecular weight is 207 g/mol. The molecule has 1 fully saturated rings. The first-order chi connectivity index (χ1) is 6.74. The van der Waals surface area contributed by atoms with E-state index in [9.17, 15) is 4.79 Å². The van der Waals surface area contributed by atoms with Gasteiger partial charge >= 0.3 is 0 Å². The molecule has 0 radical (unpaired) electrons. The van der Waals surface area contributed by atoms with Crippen molar-refractivity contribution < 1.29 is 4.79 Å². The van der Waals surface area contributed by atoms with Crippen molar-refractivity contribution in [2.24, 2.45) is 4.99 Å². The van der Waals surface area contributed by atoms with E-state index in [1.165, 1.54) is 11.8 Å². The van der Waals surface area contributed by atoms with Crippen LogP contribution in [0.3, 0.4) is 0 Å². The van der Waals surface area contributed by atoms with Crippen LogP contribution in [0.15, 0.2) is 29.3 Å². The maximum absolute atomic E-state index is 10.9. The molecule has 0 aromatic heterocycles. The van der Waals surface area contributed by atoms with Crippen LogP contribution in [0.2, 0.25) is 0 Å². The predicted octanol–water partition coefficient (Wildman–Crippen LogP) is 1.12. The number of nitrogen functional groups attached to an aromatic ring is 1. The molecule has 72 valence electrons. The van der Waals surface area contributed by atoms with E-state index < -0.39 is 0 Å². The lowest BCUT2D eigenvalue weighted by molar-refractivity contribution is -0.116. The highest BCUT2D eigenvalue weighted by atomic mass is 32.2. The molecule has 1 aromatic rings. The van der Waals surface area contributed by atoms with Crippen molar-refractivity contribution in [3.05, 3.63) is 24.3 Å². The van der Waals surface area contributed by atoms with E-state index >= 15 is 0 Å². The first-order valence-corrected chi connectivity index (χ1v) is 5.09. The molecular weight excluding hydrogens is 198 g/mol. The average Bonchev–Trinajstić information content (AvgIpc) is 2.56. The molecule has 1 aliphatic rings. The number of nitrogens with one attached hydrogen (secondary N) is 1. The summed E-state index contributed by atoms with van der Waals surface area (Å²) in [6, 6.07) is 7.18. The van der Waals surface area contributed by atoms with Crippen LogP contribution in [0.4, 0.5) is 11.4 Å². The highest BCUT2D eigenvalue weighted by Crippen LogP contribution is 2.18. The first-order valence-electron chi connectivity index (χ1n) is 4.11. The number of nitrogens with two attached hydrogens (primary N) is 1. The number of hydrogen-bond donors (Lipinski definition) is 2. The van der Waals surface area contributed by atoms with Gasteiger partial charge in [0.1, 0.15) is 0 Å². The number of carbonyl (C=O) groups excluding carboxylic acids is 1. The molecule has 0 atom stereocenters. The monoisotopic (exact) mass is 207 g/mol. The Kier molecular flexibility index (Phi) is 2.41. The molecule has 2 rings (SSSR count). The number of aliphatic imine (C=N–C) groups is 1.